The summed E-state index contributed by atoms with van der Waals surface area (Å²) in [4.78, 5) is 0. The Balaban J connectivity index is 2.67. The predicted molar refractivity (Wildman–Crippen MR) is 26.6 cm³/mol. The molecule has 0 radical (unpaired) electrons. The van der Waals surface area contributed by atoms with Crippen LogP contribution in [0.2, 0.25) is 0 Å². The van der Waals surface area contributed by atoms with Crippen LogP contribution in [-0.4, -0.2) is 0 Å². The van der Waals surface area contributed by atoms with E-state index in [1.165, 1.54) is 0 Å². The van der Waals surface area contributed by atoms with E-state index in [-0.39, 0.29) is 0 Å². The first-order valence-electron chi connectivity index (χ1n) is 1.04. The van der Waals surface area contributed by atoms with E-state index < -0.39 is 5.12 Å². The molecule has 0 N–H and O–H groups in total. The Kier molecular flexibility index (Phi) is 0.866. The van der Waals surface area contributed by atoms with Crippen LogP contribution < -0.4 is 0 Å². The van der Waals surface area contributed by atoms with Gasteiger partial charge in [0.05, 0.1) is 0 Å². The van der Waals surface area contributed by atoms with E-state index in [4.69, 9.17) is 33.7 Å². The Bertz CT molecular complexity index is 72.5. The third-order valence-corrected chi connectivity index (χ3v) is 1.74. The molecule has 0 atom stereocenters. The van der Waals surface area contributed by atoms with E-state index in [2.05, 4.69) is 9.35 Å². The molecule has 0 aromatic carbocycles. The van der Waals surface area contributed by atoms with Crippen LogP contribution in [0.25, 0.3) is 0 Å². The average molecular weight is 169 g/mol. The summed E-state index contributed by atoms with van der Waals surface area (Å²) < 4.78 is 8.02. The maximum atomic E-state index is 5.11. The molecule has 2 nitrogen and oxygen atoms in total. The normalized spacial score (nSPS) is 42.8. The Labute approximate surface area is 48.7 Å². The molecule has 0 saturated carbocycles. The molecule has 6 heavy (non-hydrogen) atoms. The molecule has 0 spiro atoms. The van der Waals surface area contributed by atoms with Gasteiger partial charge in [0, 0.05) is 0 Å². The second-order valence-electron chi connectivity index (χ2n) is 0.829. The van der Waals surface area contributed by atoms with Gasteiger partial charge in [-0.05, 0) is 0 Å². The fraction of sp³-hybridized carbons (Fsp3) is 0. The summed E-state index contributed by atoms with van der Waals surface area (Å²) in [5.41, 5.74) is 0. The van der Waals surface area contributed by atoms with E-state index in [9.17, 15) is 0 Å². The molecule has 38 valence electrons. The van der Waals surface area contributed by atoms with E-state index in [1.54, 1.807) is 0 Å². The van der Waals surface area contributed by atoms with Crippen LogP contribution in [0, 0.1) is 0 Å². The van der Waals surface area contributed by atoms with Crippen LogP contribution in [0.5, 0.6) is 0 Å². The van der Waals surface area contributed by atoms with Gasteiger partial charge in [-0.2, -0.15) is 0 Å². The van der Waals surface area contributed by atoms with Gasteiger partial charge in [0.2, 0.25) is 0 Å². The minimum absolute atomic E-state index is 3.38. The van der Waals surface area contributed by atoms with Gasteiger partial charge >= 0.3 is 48.2 Å². The summed E-state index contributed by atoms with van der Waals surface area (Å²) in [5.74, 6) is 0. The number of hydrogen-bond donors (Lipinski definition) is 0. The zero-order chi connectivity index (χ0) is 4.86. The van der Waals surface area contributed by atoms with Gasteiger partial charge in [-0.25, -0.2) is 0 Å². The Hall–Kier alpha value is 1.22. The summed E-state index contributed by atoms with van der Waals surface area (Å²) in [7, 11) is 0. The van der Waals surface area contributed by atoms with Gasteiger partial charge in [0.25, 0.3) is 0 Å². The Morgan fingerprint density at radius 2 is 1.17 bits per heavy atom. The van der Waals surface area contributed by atoms with Crippen molar-refractivity contribution in [1.82, 2.24) is 0 Å². The molecular weight excluding hydrogens is 169 g/mol. The van der Waals surface area contributed by atoms with Gasteiger partial charge in [0.15, 0.2) is 0 Å². The van der Waals surface area contributed by atoms with Crippen molar-refractivity contribution in [3.05, 3.63) is 0 Å². The van der Waals surface area contributed by atoms with Crippen LogP contribution in [0.15, 0.2) is 0 Å². The quantitative estimate of drug-likeness (QED) is 0.316. The molecule has 1 heterocycles. The molecular formula is Cl3O2P. The molecule has 1 rings (SSSR count). The number of halogens is 3. The van der Waals surface area contributed by atoms with Crippen molar-refractivity contribution in [1.29, 1.82) is 0 Å². The number of rotatable bonds is 0. The predicted octanol–water partition coefficient (Wildman–Crippen LogP) is 2.79. The van der Waals surface area contributed by atoms with Crippen LogP contribution in [0.4, 0.5) is 0 Å². The summed E-state index contributed by atoms with van der Waals surface area (Å²) in [6.07, 6.45) is 0. The van der Waals surface area contributed by atoms with E-state index in [0.29, 0.717) is 0 Å². The van der Waals surface area contributed by atoms with E-state index in [1.807, 2.05) is 0 Å². The average Bonchev–Trinajstić information content (AvgIpc) is 1.73. The zero-order valence-electron chi connectivity index (χ0n) is 2.40. The van der Waals surface area contributed by atoms with Crippen LogP contribution in [0.3, 0.4) is 0 Å². The van der Waals surface area contributed by atoms with Gasteiger partial charge in [-0.15, -0.1) is 0 Å². The fourth-order valence-corrected chi connectivity index (χ4v) is 1.02. The molecule has 1 saturated heterocycles. The maximum absolute atomic E-state index is 5.11. The topological polar surface area (TPSA) is 25.1 Å². The fourth-order valence-electron chi connectivity index (χ4n) is 0.0378. The van der Waals surface area contributed by atoms with Gasteiger partial charge in [-0.3, -0.25) is 0 Å². The third-order valence-electron chi connectivity index (χ3n) is 0.244. The van der Waals surface area contributed by atoms with Crippen molar-refractivity contribution in [3.8, 4) is 0 Å². The van der Waals surface area contributed by atoms with Crippen molar-refractivity contribution >= 4 is 38.8 Å². The molecule has 0 aromatic rings. The molecule has 1 fully saturated rings. The van der Waals surface area contributed by atoms with Gasteiger partial charge < -0.3 is 0 Å². The Morgan fingerprint density at radius 3 is 1.17 bits per heavy atom. The Morgan fingerprint density at radius 1 is 1.00 bits per heavy atom. The molecule has 0 unspecified atom stereocenters. The van der Waals surface area contributed by atoms with Crippen LogP contribution in [0.1, 0.15) is 0 Å². The first kappa shape index (κ1) is 5.36. The molecule has 1 aliphatic rings. The summed E-state index contributed by atoms with van der Waals surface area (Å²) >= 11 is 15.3. The van der Waals surface area contributed by atoms with Crippen molar-refractivity contribution in [2.24, 2.45) is 0 Å². The molecule has 0 aliphatic carbocycles. The molecule has 1 aliphatic heterocycles. The third kappa shape index (κ3) is 1.38. The first-order valence-corrected chi connectivity index (χ1v) is 5.83. The van der Waals surface area contributed by atoms with Crippen molar-refractivity contribution < 1.29 is 9.35 Å². The standard InChI is InChI=1S/Cl3O2P/c1-6(2,3)4-5-6. The molecule has 0 amide bonds. The molecule has 0 bridgehead atoms. The number of hydrogen-bond acceptors (Lipinski definition) is 2. The monoisotopic (exact) mass is 168 g/mol. The first-order chi connectivity index (χ1) is 2.47. The van der Waals surface area contributed by atoms with Crippen molar-refractivity contribution in [3.63, 3.8) is 0 Å². The summed E-state index contributed by atoms with van der Waals surface area (Å²) in [6.45, 7) is 0. The zero-order valence-corrected chi connectivity index (χ0v) is 5.56. The van der Waals surface area contributed by atoms with E-state index in [0.717, 1.165) is 0 Å². The molecule has 6 heteroatoms. The van der Waals surface area contributed by atoms with Crippen LogP contribution in [-0.2, 0) is 9.35 Å². The van der Waals surface area contributed by atoms with Gasteiger partial charge in [0.1, 0.15) is 0 Å². The van der Waals surface area contributed by atoms with Gasteiger partial charge in [-0.1, -0.05) is 0 Å². The second-order valence-corrected chi connectivity index (χ2v) is 9.57. The second kappa shape index (κ2) is 0.970. The van der Waals surface area contributed by atoms with Crippen molar-refractivity contribution in [2.75, 3.05) is 0 Å². The van der Waals surface area contributed by atoms with Crippen LogP contribution >= 0.6 is 38.8 Å². The summed E-state index contributed by atoms with van der Waals surface area (Å²) in [5, 5.41) is -3.38. The minimum atomic E-state index is -3.38. The molecule has 0 aromatic heterocycles. The SMILES string of the molecule is ClP1(Cl)(Cl)OO1. The summed E-state index contributed by atoms with van der Waals surface area (Å²) in [6, 6.07) is 0. The van der Waals surface area contributed by atoms with E-state index >= 15 is 0 Å². The van der Waals surface area contributed by atoms with Crippen molar-refractivity contribution in [2.45, 2.75) is 0 Å².